The Morgan fingerprint density at radius 2 is 1.47 bits per heavy atom. The first-order chi connectivity index (χ1) is 34.2. The molecule has 364 valence electrons. The molecule has 1 saturated heterocycles. The number of nitrogens with one attached hydrogen (secondary N) is 1. The molecule has 1 aliphatic carbocycles. The summed E-state index contributed by atoms with van der Waals surface area (Å²) in [6.45, 7) is 7.43. The van der Waals surface area contributed by atoms with Gasteiger partial charge in [-0.3, -0.25) is 9.69 Å². The molecule has 0 radical (unpaired) electrons. The van der Waals surface area contributed by atoms with Gasteiger partial charge < -0.3 is 34.3 Å². The highest BCUT2D eigenvalue weighted by Crippen LogP contribution is 2.37. The zero-order valence-electron chi connectivity index (χ0n) is 39.4. The summed E-state index contributed by atoms with van der Waals surface area (Å²) in [5.74, 6) is 1.89. The van der Waals surface area contributed by atoms with Gasteiger partial charge in [-0.1, -0.05) is 79.0 Å². The first kappa shape index (κ1) is 49.0. The highest BCUT2D eigenvalue weighted by Gasteiger charge is 2.25. The highest BCUT2D eigenvalue weighted by atomic mass is 35.5. The van der Waals surface area contributed by atoms with Crippen molar-refractivity contribution in [1.82, 2.24) is 24.3 Å². The second-order valence-electron chi connectivity index (χ2n) is 18.4. The average Bonchev–Trinajstić information content (AvgIpc) is 3.75. The SMILES string of the molecule is O=C(CCl)N(Cc1ccccc1)c1ccc(Oc2ccc(OCCCCCCN3CCN(Cc4ccc(-c5cn(C6CCC(O)CC6)c6nc(Nc7cc(F)cc(Cl)c7)ncc56)cc4)CC3)cc2)cc1. The zero-order valence-corrected chi connectivity index (χ0v) is 40.9. The number of carbonyl (C=O) groups excluding carboxylic acids is 1. The fraction of sp³-hybridized carbons (Fsp3) is 0.339. The summed E-state index contributed by atoms with van der Waals surface area (Å²) < 4.78 is 28.5. The number of alkyl halides is 1. The molecule has 2 aliphatic rings. The summed E-state index contributed by atoms with van der Waals surface area (Å²) in [5.41, 5.74) is 6.54. The van der Waals surface area contributed by atoms with Crippen LogP contribution in [0.3, 0.4) is 0 Å². The Hall–Kier alpha value is -6.02. The predicted octanol–water partition coefficient (Wildman–Crippen LogP) is 12.4. The van der Waals surface area contributed by atoms with Crippen molar-refractivity contribution in [2.45, 2.75) is 76.6 Å². The lowest BCUT2D eigenvalue weighted by Gasteiger charge is -2.34. The maximum atomic E-state index is 14.1. The number of nitrogens with zero attached hydrogens (tertiary/aromatic N) is 6. The van der Waals surface area contributed by atoms with Gasteiger partial charge in [-0.05, 0) is 128 Å². The van der Waals surface area contributed by atoms with E-state index in [-0.39, 0.29) is 23.9 Å². The number of amides is 1. The molecule has 2 N–H and O–H groups in total. The van der Waals surface area contributed by atoms with Crippen LogP contribution in [0.4, 0.5) is 21.7 Å². The third-order valence-electron chi connectivity index (χ3n) is 13.3. The number of aromatic nitrogens is 3. The first-order valence-electron chi connectivity index (χ1n) is 24.5. The van der Waals surface area contributed by atoms with Crippen LogP contribution in [0.5, 0.6) is 17.2 Å². The summed E-state index contributed by atoms with van der Waals surface area (Å²) in [4.78, 5) is 29.0. The molecule has 1 aliphatic heterocycles. The Morgan fingerprint density at radius 3 is 2.19 bits per heavy atom. The number of anilines is 3. The normalized spacial score (nSPS) is 16.6. The molecule has 0 atom stereocenters. The topological polar surface area (TPSA) is 108 Å². The van der Waals surface area contributed by atoms with Crippen molar-refractivity contribution in [3.63, 3.8) is 0 Å². The van der Waals surface area contributed by atoms with E-state index in [4.69, 9.17) is 37.7 Å². The summed E-state index contributed by atoms with van der Waals surface area (Å²) in [6, 6.07) is 38.4. The Balaban J connectivity index is 0.681. The smallest absolute Gasteiger partial charge is 0.242 e. The van der Waals surface area contributed by atoms with E-state index in [1.807, 2.05) is 85.1 Å². The van der Waals surface area contributed by atoms with E-state index < -0.39 is 5.82 Å². The van der Waals surface area contributed by atoms with Crippen LogP contribution >= 0.6 is 23.2 Å². The number of ether oxygens (including phenoxy) is 2. The number of carbonyl (C=O) groups is 1. The number of halogens is 3. The molecule has 11 nitrogen and oxygen atoms in total. The van der Waals surface area contributed by atoms with Gasteiger partial charge >= 0.3 is 0 Å². The molecule has 1 saturated carbocycles. The van der Waals surface area contributed by atoms with Crippen molar-refractivity contribution < 1.29 is 23.8 Å². The van der Waals surface area contributed by atoms with Crippen molar-refractivity contribution in [1.29, 1.82) is 0 Å². The number of piperazine rings is 1. The van der Waals surface area contributed by atoms with E-state index in [9.17, 15) is 14.3 Å². The number of fused-ring (bicyclic) bond motifs is 1. The van der Waals surface area contributed by atoms with E-state index in [1.54, 1.807) is 11.0 Å². The number of rotatable bonds is 20. The minimum absolute atomic E-state index is 0.0925. The van der Waals surface area contributed by atoms with Crippen molar-refractivity contribution in [2.75, 3.05) is 55.4 Å². The largest absolute Gasteiger partial charge is 0.494 e. The molecule has 70 heavy (non-hydrogen) atoms. The van der Waals surface area contributed by atoms with Crippen molar-refractivity contribution in [3.8, 4) is 28.4 Å². The van der Waals surface area contributed by atoms with E-state index in [0.29, 0.717) is 41.3 Å². The van der Waals surface area contributed by atoms with Gasteiger partial charge in [0.25, 0.3) is 0 Å². The highest BCUT2D eigenvalue weighted by molar-refractivity contribution is 6.31. The van der Waals surface area contributed by atoms with Crippen molar-refractivity contribution in [2.24, 2.45) is 0 Å². The quantitative estimate of drug-likeness (QED) is 0.0570. The molecule has 0 spiro atoms. The van der Waals surface area contributed by atoms with Crippen LogP contribution in [0.25, 0.3) is 22.2 Å². The molecular weight excluding hydrogens is 925 g/mol. The maximum Gasteiger partial charge on any atom is 0.242 e. The van der Waals surface area contributed by atoms with Crippen LogP contribution in [-0.4, -0.2) is 86.7 Å². The molecule has 0 unspecified atom stereocenters. The number of unbranched alkanes of at least 4 members (excludes halogenated alkanes) is 3. The van der Waals surface area contributed by atoms with E-state index in [2.05, 4.69) is 55.1 Å². The monoisotopic (exact) mass is 983 g/mol. The predicted molar refractivity (Wildman–Crippen MR) is 278 cm³/mol. The molecule has 2 aromatic heterocycles. The minimum atomic E-state index is -0.434. The standard InChI is InChI=1S/C56H60Cl2FN7O4/c57-35-54(68)65(38-40-8-4-3-5-9-40)46-16-20-50(21-17-46)70-51-24-22-49(23-25-51)69-31-7-2-1-6-26-63-27-29-64(30-28-63)37-41-10-12-42(13-11-41)53-39-66(47-14-18-48(67)19-15-47)55-52(53)36-60-56(62-55)61-45-33-43(58)32-44(59)34-45/h3-5,8-13,16-17,20-25,32-34,36,39,47-48,67H,1-2,6-7,14-15,18-19,26-31,35,37-38H2,(H,60,61,62). The summed E-state index contributed by atoms with van der Waals surface area (Å²) >= 11 is 12.0. The van der Waals surface area contributed by atoms with Gasteiger partial charge in [0.05, 0.1) is 19.3 Å². The number of benzene rings is 5. The van der Waals surface area contributed by atoms with Gasteiger partial charge in [0.2, 0.25) is 11.9 Å². The maximum absolute atomic E-state index is 14.1. The molecule has 3 heterocycles. The van der Waals surface area contributed by atoms with Crippen LogP contribution < -0.4 is 19.7 Å². The fourth-order valence-electron chi connectivity index (χ4n) is 9.49. The second kappa shape index (κ2) is 23.7. The summed E-state index contributed by atoms with van der Waals surface area (Å²) in [6.07, 6.45) is 11.5. The number of aliphatic hydroxyl groups is 1. The number of aliphatic hydroxyl groups excluding tert-OH is 1. The van der Waals surface area contributed by atoms with Gasteiger partial charge in [-0.15, -0.1) is 11.6 Å². The van der Waals surface area contributed by atoms with Gasteiger partial charge in [-0.25, -0.2) is 9.37 Å². The van der Waals surface area contributed by atoms with Crippen LogP contribution in [0.15, 0.2) is 134 Å². The van der Waals surface area contributed by atoms with Gasteiger partial charge in [0, 0.05) is 78.5 Å². The van der Waals surface area contributed by atoms with Crippen molar-refractivity contribution in [3.05, 3.63) is 156 Å². The zero-order chi connectivity index (χ0) is 48.2. The molecule has 7 aromatic rings. The lowest BCUT2D eigenvalue weighted by Crippen LogP contribution is -2.46. The Labute approximate surface area is 419 Å². The van der Waals surface area contributed by atoms with Gasteiger partial charge in [-0.2, -0.15) is 4.98 Å². The fourth-order valence-corrected chi connectivity index (χ4v) is 9.85. The molecule has 0 bridgehead atoms. The summed E-state index contributed by atoms with van der Waals surface area (Å²) in [7, 11) is 0. The van der Waals surface area contributed by atoms with Crippen LogP contribution in [0.2, 0.25) is 5.02 Å². The van der Waals surface area contributed by atoms with E-state index >= 15 is 0 Å². The minimum Gasteiger partial charge on any atom is -0.494 e. The molecule has 1 amide bonds. The lowest BCUT2D eigenvalue weighted by molar-refractivity contribution is -0.116. The lowest BCUT2D eigenvalue weighted by atomic mass is 9.93. The van der Waals surface area contributed by atoms with Crippen molar-refractivity contribution >= 4 is 57.5 Å². The second-order valence-corrected chi connectivity index (χ2v) is 19.1. The first-order valence-corrected chi connectivity index (χ1v) is 25.4. The van der Waals surface area contributed by atoms with Gasteiger partial charge in [0.1, 0.15) is 34.6 Å². The van der Waals surface area contributed by atoms with Crippen LogP contribution in [0, 0.1) is 5.82 Å². The number of hydrogen-bond acceptors (Lipinski definition) is 9. The Morgan fingerprint density at radius 1 is 0.786 bits per heavy atom. The van der Waals surface area contributed by atoms with Crippen LogP contribution in [0.1, 0.15) is 68.5 Å². The van der Waals surface area contributed by atoms with E-state index in [1.165, 1.54) is 30.5 Å². The molecule has 2 fully saturated rings. The number of hydrogen-bond donors (Lipinski definition) is 2. The molecule has 5 aromatic carbocycles. The Kier molecular flexibility index (Phi) is 16.6. The van der Waals surface area contributed by atoms with Crippen LogP contribution in [-0.2, 0) is 17.9 Å². The average molecular weight is 985 g/mol. The summed E-state index contributed by atoms with van der Waals surface area (Å²) in [5, 5.41) is 14.6. The Bertz CT molecular complexity index is 2760. The molecule has 14 heteroatoms. The third kappa shape index (κ3) is 13.0. The molecular formula is C56H60Cl2FN7O4. The van der Waals surface area contributed by atoms with Gasteiger partial charge in [0.15, 0.2) is 0 Å². The third-order valence-corrected chi connectivity index (χ3v) is 13.8. The molecule has 9 rings (SSSR count). The van der Waals surface area contributed by atoms with E-state index in [0.717, 1.165) is 117 Å².